The van der Waals surface area contributed by atoms with Gasteiger partial charge in [0.2, 0.25) is 5.91 Å². The Morgan fingerprint density at radius 3 is 2.93 bits per heavy atom. The van der Waals surface area contributed by atoms with Crippen LogP contribution in [0.3, 0.4) is 0 Å². The largest absolute Gasteiger partial charge is 0.346 e. The third-order valence-corrected chi connectivity index (χ3v) is 3.36. The van der Waals surface area contributed by atoms with Gasteiger partial charge in [-0.2, -0.15) is 0 Å². The molecular weight excluding hydrogens is 194 g/mol. The third kappa shape index (κ3) is 1.48. The van der Waals surface area contributed by atoms with Gasteiger partial charge < -0.3 is 14.4 Å². The first-order valence-corrected chi connectivity index (χ1v) is 5.59. The smallest absolute Gasteiger partial charge is 0.223 e. The minimum Gasteiger partial charge on any atom is -0.346 e. The summed E-state index contributed by atoms with van der Waals surface area (Å²) < 4.78 is 11.0. The van der Waals surface area contributed by atoms with Crippen molar-refractivity contribution in [1.29, 1.82) is 0 Å². The Kier molecular flexibility index (Phi) is 2.25. The predicted octanol–water partition coefficient (Wildman–Crippen LogP) is 0.680. The highest BCUT2D eigenvalue weighted by molar-refractivity contribution is 5.79. The molecule has 4 heteroatoms. The van der Waals surface area contributed by atoms with E-state index >= 15 is 0 Å². The molecule has 4 nitrogen and oxygen atoms in total. The second-order valence-electron chi connectivity index (χ2n) is 4.21. The second kappa shape index (κ2) is 3.61. The van der Waals surface area contributed by atoms with Crippen LogP contribution in [0.15, 0.2) is 11.6 Å². The molecule has 0 unspecified atom stereocenters. The van der Waals surface area contributed by atoms with Crippen LogP contribution in [0.5, 0.6) is 0 Å². The van der Waals surface area contributed by atoms with Crippen LogP contribution in [-0.4, -0.2) is 42.9 Å². The summed E-state index contributed by atoms with van der Waals surface area (Å²) in [7, 11) is 0. The van der Waals surface area contributed by atoms with Gasteiger partial charge in [-0.3, -0.25) is 4.79 Å². The molecule has 0 aromatic rings. The van der Waals surface area contributed by atoms with Crippen molar-refractivity contribution in [3.63, 3.8) is 0 Å². The normalized spacial score (nSPS) is 32.0. The molecule has 0 aliphatic carbocycles. The maximum absolute atomic E-state index is 11.6. The Morgan fingerprint density at radius 2 is 2.13 bits per heavy atom. The number of rotatable bonds is 1. The average molecular weight is 209 g/mol. The van der Waals surface area contributed by atoms with E-state index in [4.69, 9.17) is 9.47 Å². The van der Waals surface area contributed by atoms with E-state index in [1.54, 1.807) is 0 Å². The molecule has 82 valence electrons. The molecule has 2 fully saturated rings. The highest BCUT2D eigenvalue weighted by Crippen LogP contribution is 2.32. The first-order valence-electron chi connectivity index (χ1n) is 5.59. The number of hydrogen-bond donors (Lipinski definition) is 0. The third-order valence-electron chi connectivity index (χ3n) is 3.36. The second-order valence-corrected chi connectivity index (χ2v) is 4.21. The Balaban J connectivity index is 1.82. The molecule has 2 saturated heterocycles. The van der Waals surface area contributed by atoms with E-state index in [1.165, 1.54) is 5.57 Å². The van der Waals surface area contributed by atoms with Crippen LogP contribution in [0.2, 0.25) is 0 Å². The van der Waals surface area contributed by atoms with Crippen LogP contribution >= 0.6 is 0 Å². The number of hydrogen-bond acceptors (Lipinski definition) is 3. The van der Waals surface area contributed by atoms with Gasteiger partial charge in [0, 0.05) is 18.5 Å². The van der Waals surface area contributed by atoms with E-state index in [-0.39, 0.29) is 18.2 Å². The summed E-state index contributed by atoms with van der Waals surface area (Å²) in [6, 6.07) is 0.245. The number of fused-ring (bicyclic) bond motifs is 1. The number of amides is 1. The summed E-state index contributed by atoms with van der Waals surface area (Å²) in [6.45, 7) is 2.20. The summed E-state index contributed by atoms with van der Waals surface area (Å²) in [6.07, 6.45) is 4.53. The Morgan fingerprint density at radius 1 is 1.33 bits per heavy atom. The molecule has 1 atom stereocenters. The van der Waals surface area contributed by atoms with Crippen LogP contribution in [0.4, 0.5) is 0 Å². The van der Waals surface area contributed by atoms with E-state index < -0.39 is 0 Å². The Labute approximate surface area is 88.8 Å². The summed E-state index contributed by atoms with van der Waals surface area (Å²) >= 11 is 0. The average Bonchev–Trinajstić information content (AvgIpc) is 2.88. The summed E-state index contributed by atoms with van der Waals surface area (Å²) in [5.41, 5.74) is 1.17. The molecule has 15 heavy (non-hydrogen) atoms. The summed E-state index contributed by atoms with van der Waals surface area (Å²) in [5, 5.41) is 0. The molecule has 3 aliphatic rings. The van der Waals surface area contributed by atoms with Gasteiger partial charge in [-0.25, -0.2) is 0 Å². The highest BCUT2D eigenvalue weighted by Gasteiger charge is 2.39. The van der Waals surface area contributed by atoms with Crippen LogP contribution in [0.1, 0.15) is 19.3 Å². The summed E-state index contributed by atoms with van der Waals surface area (Å²) in [5.74, 6) is 0.281. The fourth-order valence-corrected chi connectivity index (χ4v) is 2.67. The fourth-order valence-electron chi connectivity index (χ4n) is 2.67. The zero-order valence-corrected chi connectivity index (χ0v) is 8.65. The Hall–Kier alpha value is -0.870. The molecule has 0 saturated carbocycles. The van der Waals surface area contributed by atoms with Crippen LogP contribution < -0.4 is 0 Å². The van der Waals surface area contributed by atoms with Crippen molar-refractivity contribution in [2.24, 2.45) is 0 Å². The van der Waals surface area contributed by atoms with Crippen molar-refractivity contribution < 1.29 is 14.3 Å². The number of nitrogens with zero attached hydrogens (tertiary/aromatic N) is 1. The number of carbonyl (C=O) groups excluding carboxylic acids is 1. The quantitative estimate of drug-likeness (QED) is 0.596. The lowest BCUT2D eigenvalue weighted by Gasteiger charge is -2.32. The number of ether oxygens (including phenoxy) is 2. The van der Waals surface area contributed by atoms with Gasteiger partial charge in [-0.15, -0.1) is 0 Å². The summed E-state index contributed by atoms with van der Waals surface area (Å²) in [4.78, 5) is 13.6. The molecule has 3 aliphatic heterocycles. The van der Waals surface area contributed by atoms with Crippen LogP contribution in [-0.2, 0) is 14.3 Å². The van der Waals surface area contributed by atoms with E-state index in [0.29, 0.717) is 19.6 Å². The van der Waals surface area contributed by atoms with Crippen LogP contribution in [0, 0.1) is 0 Å². The van der Waals surface area contributed by atoms with Crippen LogP contribution in [0.25, 0.3) is 0 Å². The Bertz CT molecular complexity index is 307. The molecule has 3 rings (SSSR count). The van der Waals surface area contributed by atoms with E-state index in [1.807, 2.05) is 4.90 Å². The minimum atomic E-state index is -0.191. The van der Waals surface area contributed by atoms with Crippen molar-refractivity contribution in [2.75, 3.05) is 19.8 Å². The van der Waals surface area contributed by atoms with Crippen molar-refractivity contribution in [3.8, 4) is 0 Å². The van der Waals surface area contributed by atoms with Gasteiger partial charge in [0.15, 0.2) is 6.29 Å². The van der Waals surface area contributed by atoms with Gasteiger partial charge in [-0.1, -0.05) is 6.08 Å². The van der Waals surface area contributed by atoms with Gasteiger partial charge in [0.25, 0.3) is 0 Å². The monoisotopic (exact) mass is 209 g/mol. The van der Waals surface area contributed by atoms with Gasteiger partial charge in [0.05, 0.1) is 19.3 Å². The molecular formula is C11H15NO3. The lowest BCUT2D eigenvalue weighted by molar-refractivity contribution is -0.129. The van der Waals surface area contributed by atoms with Crippen molar-refractivity contribution >= 4 is 5.91 Å². The van der Waals surface area contributed by atoms with E-state index in [9.17, 15) is 4.79 Å². The molecule has 1 amide bonds. The maximum Gasteiger partial charge on any atom is 0.223 e. The molecule has 0 aromatic carbocycles. The topological polar surface area (TPSA) is 38.8 Å². The maximum atomic E-state index is 11.6. The lowest BCUT2D eigenvalue weighted by Crippen LogP contribution is -2.40. The SMILES string of the molecule is O=C1CC[C@H]2C(C3OCCO3)=CCCN12. The first kappa shape index (κ1) is 9.36. The molecule has 0 bridgehead atoms. The minimum absolute atomic E-state index is 0.191. The molecule has 3 heterocycles. The lowest BCUT2D eigenvalue weighted by atomic mass is 9.99. The van der Waals surface area contributed by atoms with Crippen molar-refractivity contribution in [2.45, 2.75) is 31.6 Å². The highest BCUT2D eigenvalue weighted by atomic mass is 16.7. The van der Waals surface area contributed by atoms with Gasteiger partial charge >= 0.3 is 0 Å². The predicted molar refractivity (Wildman–Crippen MR) is 53.1 cm³/mol. The van der Waals surface area contributed by atoms with E-state index in [2.05, 4.69) is 6.08 Å². The molecule has 0 radical (unpaired) electrons. The zero-order chi connectivity index (χ0) is 10.3. The first-order chi connectivity index (χ1) is 7.36. The zero-order valence-electron chi connectivity index (χ0n) is 8.65. The molecule has 0 aromatic heterocycles. The van der Waals surface area contributed by atoms with Crippen molar-refractivity contribution in [1.82, 2.24) is 4.90 Å². The fraction of sp³-hybridized carbons (Fsp3) is 0.727. The van der Waals surface area contributed by atoms with Gasteiger partial charge in [0.1, 0.15) is 0 Å². The number of carbonyl (C=O) groups is 1. The molecule has 0 N–H and O–H groups in total. The van der Waals surface area contributed by atoms with Crippen molar-refractivity contribution in [3.05, 3.63) is 11.6 Å². The van der Waals surface area contributed by atoms with Gasteiger partial charge in [-0.05, 0) is 12.8 Å². The van der Waals surface area contributed by atoms with E-state index in [0.717, 1.165) is 19.4 Å². The standard InChI is InChI=1S/C11H15NO3/c13-10-4-3-9-8(2-1-5-12(9)10)11-14-6-7-15-11/h2,9,11H,1,3-7H2/t9-/m0/s1. The molecule has 0 spiro atoms.